The van der Waals surface area contributed by atoms with Crippen LogP contribution in [0.3, 0.4) is 0 Å². The van der Waals surface area contributed by atoms with Gasteiger partial charge in [0.2, 0.25) is 5.43 Å². The Morgan fingerprint density at radius 1 is 1.40 bits per heavy atom. The second-order valence-electron chi connectivity index (χ2n) is 7.28. The fourth-order valence-corrected chi connectivity index (χ4v) is 4.17. The first kappa shape index (κ1) is 20.5. The van der Waals surface area contributed by atoms with Gasteiger partial charge in [0.05, 0.1) is 26.3 Å². The van der Waals surface area contributed by atoms with Crippen LogP contribution in [0.25, 0.3) is 0 Å². The summed E-state index contributed by atoms with van der Waals surface area (Å²) in [7, 11) is 3.70. The molecule has 158 valence electrons. The van der Waals surface area contributed by atoms with Crippen LogP contribution in [0.2, 0.25) is 0 Å². The number of fused-ring (bicyclic) bond motifs is 2. The van der Waals surface area contributed by atoms with Crippen molar-refractivity contribution in [3.8, 4) is 5.75 Å². The number of ether oxygens (including phenoxy) is 2. The summed E-state index contributed by atoms with van der Waals surface area (Å²) in [6.07, 6.45) is 0.908. The van der Waals surface area contributed by atoms with Crippen LogP contribution in [0.15, 0.2) is 29.2 Å². The van der Waals surface area contributed by atoms with E-state index in [9.17, 15) is 18.8 Å². The van der Waals surface area contributed by atoms with Crippen molar-refractivity contribution in [2.45, 2.75) is 32.3 Å². The van der Waals surface area contributed by atoms with E-state index >= 15 is 0 Å². The number of nitrogens with zero attached hydrogens (tertiary/aromatic N) is 2. The maximum Gasteiger partial charge on any atom is 0.276 e. The van der Waals surface area contributed by atoms with E-state index in [0.29, 0.717) is 17.5 Å². The normalized spacial score (nSPS) is 20.0. The number of aromatic nitrogens is 1. The summed E-state index contributed by atoms with van der Waals surface area (Å²) in [5.41, 5.74) is -0.00120. The number of halogens is 1. The van der Waals surface area contributed by atoms with Crippen LogP contribution in [0, 0.1) is 5.82 Å². The molecule has 30 heavy (non-hydrogen) atoms. The smallest absolute Gasteiger partial charge is 0.276 e. The fraction of sp³-hybridized carbons (Fsp3) is 0.350. The summed E-state index contributed by atoms with van der Waals surface area (Å²) in [6.45, 7) is 2.67. The second-order valence-corrected chi connectivity index (χ2v) is 7.90. The average Bonchev–Trinajstić information content (AvgIpc) is 3.08. The minimum atomic E-state index is -0.661. The molecule has 0 radical (unpaired) electrons. The molecule has 0 bridgehead atoms. The summed E-state index contributed by atoms with van der Waals surface area (Å²) in [6, 6.07) is 4.08. The lowest BCUT2D eigenvalue weighted by Gasteiger charge is -2.34. The van der Waals surface area contributed by atoms with E-state index in [4.69, 9.17) is 9.47 Å². The Morgan fingerprint density at radius 2 is 2.17 bits per heavy atom. The quantitative estimate of drug-likeness (QED) is 0.715. The van der Waals surface area contributed by atoms with E-state index in [1.54, 1.807) is 11.0 Å². The minimum Gasteiger partial charge on any atom is -0.491 e. The zero-order chi connectivity index (χ0) is 21.6. The number of rotatable bonds is 4. The first-order chi connectivity index (χ1) is 14.3. The van der Waals surface area contributed by atoms with Gasteiger partial charge in [-0.1, -0.05) is 6.07 Å². The summed E-state index contributed by atoms with van der Waals surface area (Å²) >= 11 is 0. The maximum absolute atomic E-state index is 13.3. The van der Waals surface area contributed by atoms with Gasteiger partial charge in [-0.3, -0.25) is 14.4 Å². The Balaban J connectivity index is 1.66. The monoisotopic (exact) mass is 433 g/mol. The molecule has 1 saturated heterocycles. The van der Waals surface area contributed by atoms with Crippen LogP contribution < -0.4 is 20.8 Å². The van der Waals surface area contributed by atoms with Gasteiger partial charge in [0.1, 0.15) is 11.4 Å². The van der Waals surface area contributed by atoms with Crippen molar-refractivity contribution in [3.63, 3.8) is 0 Å². The highest BCUT2D eigenvalue weighted by atomic mass is 31.0. The molecule has 2 aliphatic heterocycles. The Labute approximate surface area is 174 Å². The molecule has 8 nitrogen and oxygen atoms in total. The van der Waals surface area contributed by atoms with Crippen LogP contribution in [0.4, 0.5) is 4.39 Å². The van der Waals surface area contributed by atoms with Crippen LogP contribution in [-0.2, 0) is 17.8 Å². The number of hydrogen-bond donors (Lipinski definition) is 1. The third-order valence-corrected chi connectivity index (χ3v) is 5.88. The Hall–Kier alpha value is -2.77. The van der Waals surface area contributed by atoms with Crippen molar-refractivity contribution in [1.29, 1.82) is 0 Å². The van der Waals surface area contributed by atoms with E-state index in [2.05, 4.69) is 14.6 Å². The van der Waals surface area contributed by atoms with E-state index < -0.39 is 17.6 Å². The molecule has 0 spiro atoms. The van der Waals surface area contributed by atoms with E-state index in [-0.39, 0.29) is 47.9 Å². The molecule has 3 atom stereocenters. The lowest BCUT2D eigenvalue weighted by Crippen LogP contribution is -2.49. The average molecular weight is 433 g/mol. The van der Waals surface area contributed by atoms with Gasteiger partial charge in [0.15, 0.2) is 17.7 Å². The number of pyridine rings is 1. The van der Waals surface area contributed by atoms with Crippen LogP contribution >= 0.6 is 9.24 Å². The van der Waals surface area contributed by atoms with E-state index in [0.717, 1.165) is 0 Å². The van der Waals surface area contributed by atoms with Gasteiger partial charge in [0.25, 0.3) is 11.8 Å². The van der Waals surface area contributed by atoms with Gasteiger partial charge in [-0.05, 0) is 29.9 Å². The molecule has 2 aliphatic rings. The zero-order valence-electron chi connectivity index (χ0n) is 16.5. The molecular formula is C20H21FN3O5P. The Kier molecular flexibility index (Phi) is 5.34. The molecule has 1 fully saturated rings. The number of benzene rings is 1. The van der Waals surface area contributed by atoms with Gasteiger partial charge in [0, 0.05) is 12.7 Å². The molecule has 10 heteroatoms. The largest absolute Gasteiger partial charge is 0.491 e. The van der Waals surface area contributed by atoms with Crippen molar-refractivity contribution >= 4 is 26.4 Å². The molecule has 1 aromatic heterocycles. The lowest BCUT2D eigenvalue weighted by atomic mass is 10.1. The number of carbonyl (C=O) groups is 2. The number of methoxy groups -OCH3 is 1. The highest BCUT2D eigenvalue weighted by Gasteiger charge is 2.43. The predicted octanol–water partition coefficient (Wildman–Crippen LogP) is 0.627. The molecule has 1 aromatic carbocycles. The molecule has 2 aromatic rings. The molecule has 0 aliphatic carbocycles. The second kappa shape index (κ2) is 7.81. The van der Waals surface area contributed by atoms with Gasteiger partial charge >= 0.3 is 0 Å². The molecule has 3 heterocycles. The fourth-order valence-electron chi connectivity index (χ4n) is 3.81. The van der Waals surface area contributed by atoms with Gasteiger partial charge < -0.3 is 24.3 Å². The summed E-state index contributed by atoms with van der Waals surface area (Å²) in [5.74, 6) is -1.53. The third-order valence-electron chi connectivity index (χ3n) is 5.34. The third kappa shape index (κ3) is 3.38. The van der Waals surface area contributed by atoms with Crippen LogP contribution in [0.1, 0.15) is 33.3 Å². The SMILES string of the molecule is COc1c2n(cc(C(=O)NCc3ccc(F)cc3P)c1=O)CC1OCC(C)N1C2=O. The topological polar surface area (TPSA) is 89.9 Å². The first-order valence-corrected chi connectivity index (χ1v) is 9.97. The van der Waals surface area contributed by atoms with Crippen LogP contribution in [-0.4, -0.2) is 47.3 Å². The lowest BCUT2D eigenvalue weighted by molar-refractivity contribution is 0.00621. The van der Waals surface area contributed by atoms with Gasteiger partial charge in [-0.15, -0.1) is 9.24 Å². The van der Waals surface area contributed by atoms with Gasteiger partial charge in [-0.2, -0.15) is 0 Å². The Morgan fingerprint density at radius 3 is 2.87 bits per heavy atom. The van der Waals surface area contributed by atoms with Crippen molar-refractivity contribution in [3.05, 3.63) is 57.3 Å². The van der Waals surface area contributed by atoms with E-state index in [1.807, 2.05) is 6.92 Å². The number of carbonyl (C=O) groups excluding carboxylic acids is 2. The van der Waals surface area contributed by atoms with Crippen molar-refractivity contribution in [1.82, 2.24) is 14.8 Å². The number of nitrogens with one attached hydrogen (secondary N) is 1. The summed E-state index contributed by atoms with van der Waals surface area (Å²) < 4.78 is 25.7. The number of amides is 2. The first-order valence-electron chi connectivity index (χ1n) is 9.39. The zero-order valence-corrected chi connectivity index (χ0v) is 17.6. The van der Waals surface area contributed by atoms with Gasteiger partial charge in [-0.25, -0.2) is 4.39 Å². The maximum atomic E-state index is 13.3. The molecule has 3 unspecified atom stereocenters. The molecular weight excluding hydrogens is 412 g/mol. The van der Waals surface area contributed by atoms with Crippen molar-refractivity contribution in [2.24, 2.45) is 0 Å². The van der Waals surface area contributed by atoms with E-state index in [1.165, 1.54) is 30.0 Å². The predicted molar refractivity (Wildman–Crippen MR) is 110 cm³/mol. The van der Waals surface area contributed by atoms with Crippen molar-refractivity contribution < 1.29 is 23.5 Å². The highest BCUT2D eigenvalue weighted by Crippen LogP contribution is 2.29. The van der Waals surface area contributed by atoms with Crippen molar-refractivity contribution in [2.75, 3.05) is 13.7 Å². The van der Waals surface area contributed by atoms with Crippen LogP contribution in [0.5, 0.6) is 5.75 Å². The molecule has 2 amide bonds. The molecule has 4 rings (SSSR count). The standard InChI is InChI=1S/C20H21FN3O5P/c1-10-9-29-15-8-23-7-13(17(25)18(28-2)16(23)20(27)24(10)15)19(26)22-6-11-3-4-12(21)5-14(11)30/h3-5,7,10,15H,6,8-9,30H2,1-2H3,(H,22,26). The molecule has 0 saturated carbocycles. The highest BCUT2D eigenvalue weighted by molar-refractivity contribution is 7.27. The summed E-state index contributed by atoms with van der Waals surface area (Å²) in [4.78, 5) is 40.2. The molecule has 1 N–H and O–H groups in total. The number of hydrogen-bond acceptors (Lipinski definition) is 5. The minimum absolute atomic E-state index is 0.109. The Bertz CT molecular complexity index is 1100. The summed E-state index contributed by atoms with van der Waals surface area (Å²) in [5, 5.41) is 3.27.